The van der Waals surface area contributed by atoms with Gasteiger partial charge in [0.25, 0.3) is 0 Å². The highest BCUT2D eigenvalue weighted by Gasteiger charge is 2.50. The Morgan fingerprint density at radius 2 is 1.35 bits per heavy atom. The maximum absolute atomic E-state index is 16.4. The molecule has 3 saturated heterocycles. The number of rotatable bonds is 13. The van der Waals surface area contributed by atoms with E-state index in [0.717, 1.165) is 17.7 Å². The molecule has 32 heteroatoms. The van der Waals surface area contributed by atoms with Crippen molar-refractivity contribution in [2.45, 2.75) is 216 Å². The van der Waals surface area contributed by atoms with Crippen LogP contribution in [0.2, 0.25) is 0 Å². The first-order valence-corrected chi connectivity index (χ1v) is 43.1. The molecule has 1 aromatic heterocycles. The molecule has 660 valence electrons. The molecule has 0 saturated carbocycles. The van der Waals surface area contributed by atoms with Crippen molar-refractivity contribution < 1.29 is 95.3 Å². The average molecular weight is 1690 g/mol. The molecular weight excluding hydrogens is 1570 g/mol. The third-order valence-electron chi connectivity index (χ3n) is 24.0. The van der Waals surface area contributed by atoms with E-state index in [0.29, 0.717) is 108 Å². The van der Waals surface area contributed by atoms with Gasteiger partial charge in [0.05, 0.1) is 84.9 Å². The number of halogens is 1. The summed E-state index contributed by atoms with van der Waals surface area (Å²) in [4.78, 5) is 202. The Kier molecular flexibility index (Phi) is 32.9. The van der Waals surface area contributed by atoms with Gasteiger partial charge in [-0.05, 0) is 148 Å². The van der Waals surface area contributed by atoms with E-state index >= 15 is 38.0 Å². The number of aromatic nitrogens is 1. The molecule has 5 aromatic rings. The summed E-state index contributed by atoms with van der Waals surface area (Å²) in [7, 11) is 7.63. The number of aliphatic hydroxyl groups is 1. The van der Waals surface area contributed by atoms with Gasteiger partial charge in [0.2, 0.25) is 65.0 Å². The van der Waals surface area contributed by atoms with Gasteiger partial charge in [-0.15, -0.1) is 0 Å². The second-order valence-electron chi connectivity index (χ2n) is 34.4. The Balaban J connectivity index is 1.01. The van der Waals surface area contributed by atoms with Crippen LogP contribution >= 0.6 is 0 Å². The molecule has 14 bridgehead atoms. The fourth-order valence-electron chi connectivity index (χ4n) is 17.0. The zero-order valence-electron chi connectivity index (χ0n) is 71.1. The van der Waals surface area contributed by atoms with E-state index < -0.39 is 163 Å². The Morgan fingerprint density at radius 1 is 0.631 bits per heavy atom. The zero-order chi connectivity index (χ0) is 87.2. The van der Waals surface area contributed by atoms with Gasteiger partial charge >= 0.3 is 0 Å². The van der Waals surface area contributed by atoms with Crippen LogP contribution in [0.15, 0.2) is 97.2 Å². The van der Waals surface area contributed by atoms with Gasteiger partial charge in [-0.2, -0.15) is 0 Å². The minimum Gasteiger partial charge on any atom is -0.497 e. The zero-order valence-corrected chi connectivity index (χ0v) is 71.1. The van der Waals surface area contributed by atoms with Crippen molar-refractivity contribution in [3.05, 3.63) is 136 Å². The number of methoxy groups -OCH3 is 1. The highest BCUT2D eigenvalue weighted by Crippen LogP contribution is 2.35. The first-order chi connectivity index (χ1) is 58.5. The van der Waals surface area contributed by atoms with Crippen molar-refractivity contribution in [1.29, 1.82) is 0 Å². The summed E-state index contributed by atoms with van der Waals surface area (Å²) in [6.07, 6.45) is 1.04. The second kappa shape index (κ2) is 43.5. The number of aliphatic hydroxyl groups excluding tert-OH is 1. The van der Waals surface area contributed by atoms with E-state index in [-0.39, 0.29) is 135 Å². The molecule has 0 radical (unpaired) electrons. The summed E-state index contributed by atoms with van der Waals surface area (Å²) in [5.74, 6) is -10.7. The SMILES string of the molecule is COc1ccc(C[C@@H]2NC(=O)[C@H]([C@@H](C)O)NC(=O)[C@@H]3[C@@H]4CCN3C(=O)[C@H]3CC(=O)[C@H](Cc5cccc(c5)CNC(=O)CO4)NC(=O)[C@H]4CNC(=O)CCCCN(C(=O)CCOCCOCC[N+](C)(C)C)C[C@H](NC(=O)CCC(=O)N(CCCCCCn5cc(c6cc(F)ccc65)C3)Cc3ccc(cc3)CCCC(=O)[C@]3(C)CCCN3C2=O)C(=O)N4)cc1. The third-order valence-corrected chi connectivity index (χ3v) is 24.0. The molecule has 8 heterocycles. The summed E-state index contributed by atoms with van der Waals surface area (Å²) in [6, 6.07) is 15.7. The lowest BCUT2D eigenvalue weighted by molar-refractivity contribution is -0.870. The Labute approximate surface area is 711 Å². The highest BCUT2D eigenvalue weighted by molar-refractivity contribution is 6.00. The second-order valence-corrected chi connectivity index (χ2v) is 34.4. The van der Waals surface area contributed by atoms with Gasteiger partial charge < -0.3 is 89.9 Å². The molecule has 7 aliphatic rings. The number of likely N-dealkylation sites (N-methyl/N-ethyl adjacent to an activating group) is 1. The molecule has 7 aliphatic heterocycles. The first kappa shape index (κ1) is 92.2. The van der Waals surface area contributed by atoms with Gasteiger partial charge in [-0.25, -0.2) is 4.39 Å². The van der Waals surface area contributed by atoms with E-state index in [1.807, 2.05) is 50.0 Å². The fourth-order valence-corrected chi connectivity index (χ4v) is 17.0. The highest BCUT2D eigenvalue weighted by atomic mass is 19.1. The van der Waals surface area contributed by atoms with Crippen LogP contribution in [-0.2, 0) is 122 Å². The molecule has 10 atom stereocenters. The number of nitrogens with zero attached hydrogens (tertiary/aromatic N) is 6. The lowest BCUT2D eigenvalue weighted by Crippen LogP contribution is -2.62. The summed E-state index contributed by atoms with van der Waals surface area (Å²) in [6.45, 7) is 3.71. The number of carbonyl (C=O) groups is 13. The van der Waals surface area contributed by atoms with Crippen molar-refractivity contribution in [1.82, 2.24) is 61.4 Å². The molecule has 11 amide bonds. The van der Waals surface area contributed by atoms with Crippen LogP contribution in [0, 0.1) is 11.7 Å². The molecule has 12 rings (SSSR count). The lowest BCUT2D eigenvalue weighted by Gasteiger charge is -2.37. The minimum absolute atomic E-state index is 0.0252. The van der Waals surface area contributed by atoms with Crippen LogP contribution in [0.4, 0.5) is 4.39 Å². The topological polar surface area (TPSA) is 381 Å². The predicted octanol–water partition coefficient (Wildman–Crippen LogP) is 3.74. The van der Waals surface area contributed by atoms with Gasteiger partial charge in [-0.3, -0.25) is 62.3 Å². The summed E-state index contributed by atoms with van der Waals surface area (Å²) >= 11 is 0. The molecule has 122 heavy (non-hydrogen) atoms. The smallest absolute Gasteiger partial charge is 0.246 e. The van der Waals surface area contributed by atoms with E-state index in [1.165, 1.54) is 40.9 Å². The molecule has 0 spiro atoms. The van der Waals surface area contributed by atoms with E-state index in [1.54, 1.807) is 72.6 Å². The normalized spacial score (nSPS) is 25.0. The Morgan fingerprint density at radius 3 is 2.11 bits per heavy atom. The van der Waals surface area contributed by atoms with Crippen LogP contribution in [0.1, 0.15) is 150 Å². The Hall–Kier alpha value is -10.5. The number of quaternary nitrogens is 1. The standard InChI is InChI=1S/C90H120FN13O18/c1-58(105)82-86(115)96-70(47-60-25-28-67(119-6)29-26-60)89(118)103-39-15-35-90(103,2)76(107)19-14-16-59-21-23-61(24-22-59)54-100-37-11-8-7-10-36-99-55-65(68-51-66(91)27-30-73(68)99)49-64-50-74(106)69(48-62-17-13-18-63(46-62)52-92-79(110)57-122-75-33-40-102(88(64)117)83(75)87(116)98-82)95-84(113)71-53-93-77(108)20-9-12-38-101(56-72(85(114)97-71)94-78(109)31-32-80(100)111)81(112)34-42-120-44-45-121-43-41-104(3,4)5/h13,17-18,21-30,46,51,55,58,64,69-72,75,82-83,105H,7-12,14-16,19-20,31-45,47-50,52-54,56-57H2,1-6H3,(H6-,92,93,94,95,96,97,98,108,109,110,113,114,115,116)/p+1/t58-,64-,69+,70+,71-,72+,75+,82+,83+,90+/m1/s1. The van der Waals surface area contributed by atoms with Crippen molar-refractivity contribution in [2.75, 3.05) is 107 Å². The van der Waals surface area contributed by atoms with Crippen LogP contribution < -0.4 is 42.0 Å². The number of hydrogen-bond acceptors (Lipinski definition) is 18. The summed E-state index contributed by atoms with van der Waals surface area (Å²) in [5.41, 5.74) is 2.95. The minimum atomic E-state index is -1.85. The fraction of sp³-hybridized carbons (Fsp3) is 0.567. The average Bonchev–Trinajstić information content (AvgIpc) is 1.63. The number of hydrogen-bond donors (Lipinski definition) is 8. The molecule has 0 unspecified atom stereocenters. The molecule has 31 nitrogen and oxygen atoms in total. The number of benzene rings is 4. The largest absolute Gasteiger partial charge is 0.497 e. The van der Waals surface area contributed by atoms with Crippen LogP contribution in [0.5, 0.6) is 5.75 Å². The summed E-state index contributed by atoms with van der Waals surface area (Å²) < 4.78 is 41.9. The molecular formula is C90H121FN13O18+. The quantitative estimate of drug-likeness (QED) is 0.0615. The molecule has 3 fully saturated rings. The van der Waals surface area contributed by atoms with Crippen molar-refractivity contribution >= 4 is 87.4 Å². The number of amides is 11. The lowest BCUT2D eigenvalue weighted by atomic mass is 9.88. The molecule has 4 aromatic carbocycles. The Bertz CT molecular complexity index is 4550. The van der Waals surface area contributed by atoms with Crippen LogP contribution in [0.25, 0.3) is 10.9 Å². The number of aryl methyl sites for hydroxylation is 2. The van der Waals surface area contributed by atoms with Crippen molar-refractivity contribution in [3.8, 4) is 5.75 Å². The number of ketones is 2. The number of fused-ring (bicyclic) bond motifs is 19. The molecule has 0 aliphatic carbocycles. The number of nitrogens with one attached hydrogen (secondary N) is 7. The summed E-state index contributed by atoms with van der Waals surface area (Å²) in [5, 5.41) is 31.6. The van der Waals surface area contributed by atoms with Crippen molar-refractivity contribution in [3.63, 3.8) is 0 Å². The van der Waals surface area contributed by atoms with E-state index in [2.05, 4.69) is 37.2 Å². The predicted molar refractivity (Wildman–Crippen MR) is 448 cm³/mol. The van der Waals surface area contributed by atoms with Gasteiger partial charge in [0.1, 0.15) is 54.9 Å². The monoisotopic (exact) mass is 1690 g/mol. The maximum atomic E-state index is 16.4. The van der Waals surface area contributed by atoms with E-state index in [4.69, 9.17) is 18.9 Å². The van der Waals surface area contributed by atoms with E-state index in [9.17, 15) is 33.9 Å². The van der Waals surface area contributed by atoms with Crippen LogP contribution in [0.3, 0.4) is 0 Å². The van der Waals surface area contributed by atoms with Gasteiger partial charge in [0, 0.05) is 120 Å². The molecule has 8 N–H and O–H groups in total. The third kappa shape index (κ3) is 25.6. The van der Waals surface area contributed by atoms with Gasteiger partial charge in [-0.1, -0.05) is 73.5 Å². The van der Waals surface area contributed by atoms with Crippen molar-refractivity contribution in [2.24, 2.45) is 5.92 Å². The number of Topliss-reactive ketones (excluding diaryl/α,β-unsaturated/α-hetero) is 2. The maximum Gasteiger partial charge on any atom is 0.246 e. The number of carbonyl (C=O) groups excluding carboxylic acids is 13. The van der Waals surface area contributed by atoms with Crippen LogP contribution in [-0.4, -0.2) is 271 Å². The first-order valence-electron chi connectivity index (χ1n) is 43.1. The number of ether oxygens (including phenoxy) is 4. The van der Waals surface area contributed by atoms with Gasteiger partial charge in [0.15, 0.2) is 11.6 Å².